The van der Waals surface area contributed by atoms with Crippen LogP contribution in [0.15, 0.2) is 6.33 Å². The van der Waals surface area contributed by atoms with Crippen molar-refractivity contribution in [3.05, 3.63) is 17.8 Å². The maximum atomic E-state index is 14.9. The van der Waals surface area contributed by atoms with Gasteiger partial charge in [0.25, 0.3) is 0 Å². The number of hydrogen-bond donors (Lipinski definition) is 0. The van der Waals surface area contributed by atoms with Crippen molar-refractivity contribution < 1.29 is 9.18 Å². The zero-order chi connectivity index (χ0) is 19.8. The predicted molar refractivity (Wildman–Crippen MR) is 108 cm³/mol. The van der Waals surface area contributed by atoms with Gasteiger partial charge in [-0.2, -0.15) is 0 Å². The number of halogens is 1. The average molecular weight is 389 g/mol. The Kier molecular flexibility index (Phi) is 5.57. The SMILES string of the molecule is CCc1ncnc(N2C[C@H]3C[C@@H](C2)[C@H](CCC(C)C)N2C(=O)CCC[C@@H]32)c1F. The second kappa shape index (κ2) is 7.96. The van der Waals surface area contributed by atoms with Crippen LogP contribution in [-0.2, 0) is 11.2 Å². The molecule has 6 heteroatoms. The van der Waals surface area contributed by atoms with Crippen LogP contribution in [0.3, 0.4) is 0 Å². The van der Waals surface area contributed by atoms with Crippen LogP contribution in [0.25, 0.3) is 0 Å². The largest absolute Gasteiger partial charge is 0.353 e. The monoisotopic (exact) mass is 388 g/mol. The molecule has 2 bridgehead atoms. The maximum Gasteiger partial charge on any atom is 0.223 e. The van der Waals surface area contributed by atoms with Gasteiger partial charge in [-0.05, 0) is 56.3 Å². The summed E-state index contributed by atoms with van der Waals surface area (Å²) in [6, 6.07) is 0.600. The number of aromatic nitrogens is 2. The number of carbonyl (C=O) groups is 1. The summed E-state index contributed by atoms with van der Waals surface area (Å²) < 4.78 is 14.9. The van der Waals surface area contributed by atoms with Crippen LogP contribution in [0.5, 0.6) is 0 Å². The minimum absolute atomic E-state index is 0.264. The second-order valence-electron chi connectivity index (χ2n) is 9.27. The van der Waals surface area contributed by atoms with Gasteiger partial charge in [-0.1, -0.05) is 20.8 Å². The Labute approximate surface area is 167 Å². The van der Waals surface area contributed by atoms with Gasteiger partial charge in [0.2, 0.25) is 5.91 Å². The van der Waals surface area contributed by atoms with Crippen molar-refractivity contribution in [1.29, 1.82) is 0 Å². The van der Waals surface area contributed by atoms with Crippen LogP contribution >= 0.6 is 0 Å². The van der Waals surface area contributed by atoms with Crippen LogP contribution in [0, 0.1) is 23.6 Å². The van der Waals surface area contributed by atoms with Gasteiger partial charge in [-0.3, -0.25) is 4.79 Å². The molecule has 5 nitrogen and oxygen atoms in total. The van der Waals surface area contributed by atoms with Gasteiger partial charge in [0.1, 0.15) is 6.33 Å². The highest BCUT2D eigenvalue weighted by atomic mass is 19.1. The summed E-state index contributed by atoms with van der Waals surface area (Å²) in [5.41, 5.74) is 0.492. The third-order valence-electron chi connectivity index (χ3n) is 7.01. The number of rotatable bonds is 5. The van der Waals surface area contributed by atoms with Gasteiger partial charge in [0, 0.05) is 31.6 Å². The zero-order valence-electron chi connectivity index (χ0n) is 17.4. The number of amides is 1. The number of aryl methyl sites for hydroxylation is 1. The van der Waals surface area contributed by atoms with Gasteiger partial charge < -0.3 is 9.80 Å². The fourth-order valence-corrected chi connectivity index (χ4v) is 5.69. The maximum absolute atomic E-state index is 14.9. The Morgan fingerprint density at radius 2 is 2.04 bits per heavy atom. The van der Waals surface area contributed by atoms with Gasteiger partial charge in [0.05, 0.1) is 5.69 Å². The molecule has 3 aliphatic rings. The third kappa shape index (κ3) is 3.50. The molecule has 3 saturated heterocycles. The number of hydrogen-bond acceptors (Lipinski definition) is 4. The van der Waals surface area contributed by atoms with Crippen molar-refractivity contribution in [2.45, 2.75) is 77.8 Å². The first kappa shape index (κ1) is 19.6. The smallest absolute Gasteiger partial charge is 0.223 e. The van der Waals surface area contributed by atoms with E-state index in [1.807, 2.05) is 6.92 Å². The number of fused-ring (bicyclic) bond motifs is 4. The van der Waals surface area contributed by atoms with E-state index in [0.29, 0.717) is 54.1 Å². The number of piperidine rings is 3. The standard InChI is InChI=1S/C22H33FN4O/c1-4-17-21(23)22(25-13-24-17)26-11-15-10-16(12-26)19(9-8-14(2)3)27-18(15)6-5-7-20(27)28/h13-16,18-19H,4-12H2,1-3H3/t15-,16+,18+,19+/m1/s1. The highest BCUT2D eigenvalue weighted by Gasteiger charge is 2.49. The minimum atomic E-state index is -0.264. The number of anilines is 1. The Hall–Kier alpha value is -1.72. The molecule has 4 atom stereocenters. The summed E-state index contributed by atoms with van der Waals surface area (Å²) >= 11 is 0. The zero-order valence-corrected chi connectivity index (χ0v) is 17.4. The lowest BCUT2D eigenvalue weighted by Gasteiger charge is -2.57. The fraction of sp³-hybridized carbons (Fsp3) is 0.773. The quantitative estimate of drug-likeness (QED) is 0.769. The normalized spacial score (nSPS) is 30.0. The lowest BCUT2D eigenvalue weighted by atomic mass is 9.70. The highest BCUT2D eigenvalue weighted by molar-refractivity contribution is 5.78. The van der Waals surface area contributed by atoms with Crippen LogP contribution in [0.4, 0.5) is 10.2 Å². The lowest BCUT2D eigenvalue weighted by Crippen LogP contribution is -2.65. The summed E-state index contributed by atoms with van der Waals surface area (Å²) in [5.74, 6) is 1.98. The molecule has 0 aromatic carbocycles. The molecule has 0 N–H and O–H groups in total. The fourth-order valence-electron chi connectivity index (χ4n) is 5.69. The minimum Gasteiger partial charge on any atom is -0.353 e. The molecule has 3 aliphatic heterocycles. The second-order valence-corrected chi connectivity index (χ2v) is 9.27. The van der Waals surface area contributed by atoms with E-state index in [0.717, 1.165) is 45.2 Å². The molecule has 0 unspecified atom stereocenters. The van der Waals surface area contributed by atoms with E-state index >= 15 is 0 Å². The predicted octanol–water partition coefficient (Wildman–Crippen LogP) is 3.82. The van der Waals surface area contributed by atoms with Crippen molar-refractivity contribution in [2.24, 2.45) is 17.8 Å². The van der Waals surface area contributed by atoms with E-state index in [1.54, 1.807) is 0 Å². The van der Waals surface area contributed by atoms with Crippen LogP contribution < -0.4 is 4.90 Å². The van der Waals surface area contributed by atoms with Gasteiger partial charge in [-0.25, -0.2) is 14.4 Å². The van der Waals surface area contributed by atoms with Crippen molar-refractivity contribution >= 4 is 11.7 Å². The van der Waals surface area contributed by atoms with Crippen molar-refractivity contribution in [1.82, 2.24) is 14.9 Å². The van der Waals surface area contributed by atoms with Crippen molar-refractivity contribution in [3.63, 3.8) is 0 Å². The molecule has 28 heavy (non-hydrogen) atoms. The van der Waals surface area contributed by atoms with E-state index in [4.69, 9.17) is 0 Å². The first-order chi connectivity index (χ1) is 13.5. The number of carbonyl (C=O) groups excluding carboxylic acids is 1. The molecule has 1 aromatic heterocycles. The molecule has 0 spiro atoms. The third-order valence-corrected chi connectivity index (χ3v) is 7.01. The highest BCUT2D eigenvalue weighted by Crippen LogP contribution is 2.44. The summed E-state index contributed by atoms with van der Waals surface area (Å²) in [6.07, 6.45) is 8.17. The molecule has 4 rings (SSSR count). The van der Waals surface area contributed by atoms with E-state index in [9.17, 15) is 9.18 Å². The molecule has 0 radical (unpaired) electrons. The average Bonchev–Trinajstić information content (AvgIpc) is 2.68. The number of nitrogens with zero attached hydrogens (tertiary/aromatic N) is 4. The Morgan fingerprint density at radius 3 is 2.79 bits per heavy atom. The lowest BCUT2D eigenvalue weighted by molar-refractivity contribution is -0.149. The van der Waals surface area contributed by atoms with Crippen LogP contribution in [0.1, 0.15) is 65.0 Å². The van der Waals surface area contributed by atoms with Crippen LogP contribution in [0.2, 0.25) is 0 Å². The topological polar surface area (TPSA) is 49.3 Å². The van der Waals surface area contributed by atoms with Crippen LogP contribution in [-0.4, -0.2) is 45.9 Å². The summed E-state index contributed by atoms with van der Waals surface area (Å²) in [6.45, 7) is 7.99. The molecule has 0 saturated carbocycles. The van der Waals surface area contributed by atoms with Gasteiger partial charge in [-0.15, -0.1) is 0 Å². The van der Waals surface area contributed by atoms with Gasteiger partial charge >= 0.3 is 0 Å². The molecule has 4 heterocycles. The van der Waals surface area contributed by atoms with Crippen molar-refractivity contribution in [2.75, 3.05) is 18.0 Å². The summed E-state index contributed by atoms with van der Waals surface area (Å²) in [4.78, 5) is 25.7. The van der Waals surface area contributed by atoms with Crippen molar-refractivity contribution in [3.8, 4) is 0 Å². The van der Waals surface area contributed by atoms with E-state index in [-0.39, 0.29) is 11.9 Å². The molecular formula is C22H33FN4O. The Bertz CT molecular complexity index is 724. The molecule has 154 valence electrons. The first-order valence-corrected chi connectivity index (χ1v) is 11.0. The van der Waals surface area contributed by atoms with E-state index in [2.05, 4.69) is 33.6 Å². The summed E-state index contributed by atoms with van der Waals surface area (Å²) in [7, 11) is 0. The Morgan fingerprint density at radius 1 is 1.25 bits per heavy atom. The van der Waals surface area contributed by atoms with Gasteiger partial charge in [0.15, 0.2) is 11.6 Å². The molecule has 1 amide bonds. The molecular weight excluding hydrogens is 355 g/mol. The van der Waals surface area contributed by atoms with E-state index < -0.39 is 0 Å². The first-order valence-electron chi connectivity index (χ1n) is 11.0. The summed E-state index contributed by atoms with van der Waals surface area (Å²) in [5, 5.41) is 0. The molecule has 0 aliphatic carbocycles. The Balaban J connectivity index is 1.63. The molecule has 3 fully saturated rings. The van der Waals surface area contributed by atoms with E-state index in [1.165, 1.54) is 6.33 Å². The molecule has 1 aromatic rings.